The van der Waals surface area contributed by atoms with Crippen molar-refractivity contribution in [2.24, 2.45) is 0 Å². The Labute approximate surface area is 177 Å². The van der Waals surface area contributed by atoms with Gasteiger partial charge >= 0.3 is 0 Å². The zero-order chi connectivity index (χ0) is 21.8. The maximum Gasteiger partial charge on any atom is 0.297 e. The number of hydroxylamine groups is 1. The van der Waals surface area contributed by atoms with Crippen molar-refractivity contribution in [3.05, 3.63) is 64.2 Å². The van der Waals surface area contributed by atoms with Crippen LogP contribution < -0.4 is 4.74 Å². The molecule has 0 aliphatic carbocycles. The van der Waals surface area contributed by atoms with Crippen molar-refractivity contribution in [2.45, 2.75) is 65.7 Å². The average molecular weight is 408 g/mol. The lowest BCUT2D eigenvalue weighted by Gasteiger charge is -2.43. The number of hydrazine groups is 1. The molecule has 0 spiro atoms. The number of ether oxygens (including phenoxy) is 1. The zero-order valence-electron chi connectivity index (χ0n) is 18.4. The van der Waals surface area contributed by atoms with E-state index >= 15 is 0 Å². The Kier molecular flexibility index (Phi) is 4.85. The number of aryl methyl sites for hydroxylation is 2. The number of amides is 2. The molecule has 2 aliphatic rings. The fourth-order valence-corrected chi connectivity index (χ4v) is 4.21. The third-order valence-electron chi connectivity index (χ3n) is 5.52. The van der Waals surface area contributed by atoms with Crippen molar-refractivity contribution in [1.82, 2.24) is 10.2 Å². The summed E-state index contributed by atoms with van der Waals surface area (Å²) in [6.45, 7) is 11.6. The maximum atomic E-state index is 13.7. The summed E-state index contributed by atoms with van der Waals surface area (Å²) in [4.78, 5) is 33.2. The fourth-order valence-electron chi connectivity index (χ4n) is 4.21. The first kappa shape index (κ1) is 20.4. The molecule has 0 aromatic heterocycles. The van der Waals surface area contributed by atoms with Crippen LogP contribution in [0.5, 0.6) is 5.75 Å². The molecule has 6 heteroatoms. The summed E-state index contributed by atoms with van der Waals surface area (Å²) in [5.41, 5.74) is 3.21. The van der Waals surface area contributed by atoms with Gasteiger partial charge in [-0.05, 0) is 71.4 Å². The normalized spacial score (nSPS) is 20.1. The van der Waals surface area contributed by atoms with E-state index in [2.05, 4.69) is 6.92 Å². The Morgan fingerprint density at radius 1 is 1.10 bits per heavy atom. The summed E-state index contributed by atoms with van der Waals surface area (Å²) >= 11 is 0. The number of rotatable bonds is 3. The Balaban J connectivity index is 1.81. The lowest BCUT2D eigenvalue weighted by atomic mass is 9.95. The third kappa shape index (κ3) is 3.35. The van der Waals surface area contributed by atoms with Crippen molar-refractivity contribution in [2.75, 3.05) is 0 Å². The molecule has 2 amide bonds. The van der Waals surface area contributed by atoms with Crippen LogP contribution in [0.4, 0.5) is 0 Å². The van der Waals surface area contributed by atoms with Crippen molar-refractivity contribution in [3.8, 4) is 5.75 Å². The predicted octanol–water partition coefficient (Wildman–Crippen LogP) is 4.76. The fraction of sp³-hybridized carbons (Fsp3) is 0.417. The van der Waals surface area contributed by atoms with Crippen LogP contribution in [0.1, 0.15) is 77.4 Å². The molecule has 158 valence electrons. The minimum Gasteiger partial charge on any atom is -0.462 e. The van der Waals surface area contributed by atoms with Gasteiger partial charge in [0.2, 0.25) is 6.29 Å². The maximum absolute atomic E-state index is 13.7. The molecule has 0 fully saturated rings. The van der Waals surface area contributed by atoms with E-state index in [1.54, 1.807) is 6.07 Å². The summed E-state index contributed by atoms with van der Waals surface area (Å²) in [7, 11) is 0. The quantitative estimate of drug-likeness (QED) is 0.735. The van der Waals surface area contributed by atoms with Crippen molar-refractivity contribution in [3.63, 3.8) is 0 Å². The van der Waals surface area contributed by atoms with Gasteiger partial charge in [-0.1, -0.05) is 24.1 Å². The number of benzene rings is 2. The van der Waals surface area contributed by atoms with Gasteiger partial charge in [-0.2, -0.15) is 0 Å². The molecule has 0 saturated heterocycles. The van der Waals surface area contributed by atoms with Crippen molar-refractivity contribution in [1.29, 1.82) is 0 Å². The minimum atomic E-state index is -0.716. The van der Waals surface area contributed by atoms with E-state index in [9.17, 15) is 9.59 Å². The molecular weight excluding hydrogens is 380 g/mol. The van der Waals surface area contributed by atoms with Gasteiger partial charge in [-0.3, -0.25) is 9.59 Å². The number of carbonyl (C=O) groups excluding carboxylic acids is 2. The second-order valence-corrected chi connectivity index (χ2v) is 9.10. The Morgan fingerprint density at radius 2 is 1.77 bits per heavy atom. The lowest BCUT2D eigenvalue weighted by molar-refractivity contribution is -0.308. The summed E-state index contributed by atoms with van der Waals surface area (Å²) in [6, 6.07) is 11.1. The number of nitrogens with zero attached hydrogens (tertiary/aromatic N) is 2. The van der Waals surface area contributed by atoms with Crippen LogP contribution >= 0.6 is 0 Å². The van der Waals surface area contributed by atoms with E-state index in [1.807, 2.05) is 65.0 Å². The minimum absolute atomic E-state index is 0.00585. The smallest absolute Gasteiger partial charge is 0.297 e. The van der Waals surface area contributed by atoms with Gasteiger partial charge in [0.05, 0.1) is 11.5 Å². The molecule has 6 nitrogen and oxygen atoms in total. The third-order valence-corrected chi connectivity index (χ3v) is 5.52. The summed E-state index contributed by atoms with van der Waals surface area (Å²) in [5.74, 6) is 0.0348. The lowest BCUT2D eigenvalue weighted by Crippen LogP contribution is -2.59. The molecule has 2 aromatic carbocycles. The summed E-state index contributed by atoms with van der Waals surface area (Å²) in [5, 5.41) is 2.50. The van der Waals surface area contributed by atoms with Gasteiger partial charge in [-0.25, -0.2) is 9.85 Å². The Bertz CT molecular complexity index is 1000. The van der Waals surface area contributed by atoms with E-state index in [0.29, 0.717) is 11.1 Å². The Hall–Kier alpha value is -2.86. The van der Waals surface area contributed by atoms with Crippen LogP contribution in [0.2, 0.25) is 0 Å². The number of hydrogen-bond acceptors (Lipinski definition) is 4. The molecule has 30 heavy (non-hydrogen) atoms. The number of hydrogen-bond donors (Lipinski definition) is 0. The van der Waals surface area contributed by atoms with Gasteiger partial charge in [0, 0.05) is 16.7 Å². The molecule has 0 N–H and O–H groups in total. The molecule has 4 rings (SSSR count). The van der Waals surface area contributed by atoms with Gasteiger partial charge in [-0.15, -0.1) is 5.17 Å². The Morgan fingerprint density at radius 3 is 2.37 bits per heavy atom. The first-order valence-electron chi connectivity index (χ1n) is 10.3. The van der Waals surface area contributed by atoms with Crippen LogP contribution in [-0.2, 0) is 4.84 Å². The molecular formula is C24H28N2O4. The van der Waals surface area contributed by atoms with Crippen LogP contribution in [0, 0.1) is 13.8 Å². The molecule has 2 aliphatic heterocycles. The second-order valence-electron chi connectivity index (χ2n) is 9.10. The summed E-state index contributed by atoms with van der Waals surface area (Å²) < 4.78 is 6.00. The molecule has 2 aromatic rings. The van der Waals surface area contributed by atoms with Crippen LogP contribution in [0.3, 0.4) is 0 Å². The highest BCUT2D eigenvalue weighted by Gasteiger charge is 2.45. The van der Waals surface area contributed by atoms with Crippen LogP contribution in [0.25, 0.3) is 0 Å². The van der Waals surface area contributed by atoms with Gasteiger partial charge in [0.15, 0.2) is 0 Å². The molecule has 3 bridgehead atoms. The van der Waals surface area contributed by atoms with Crippen molar-refractivity contribution >= 4 is 11.8 Å². The highest BCUT2D eigenvalue weighted by Crippen LogP contribution is 2.43. The standard InChI is InChI=1S/C24H28N2O4/c1-7-18-19-13-16-8-9-20(19)29-23(18)30-26(22(16)28)25(24(4,5)6)21(27)17-11-14(2)10-15(3)12-17/h8-13,18,23H,7H2,1-6H3. The molecule has 2 unspecified atom stereocenters. The first-order chi connectivity index (χ1) is 14.1. The first-order valence-corrected chi connectivity index (χ1v) is 10.3. The second kappa shape index (κ2) is 7.13. The van der Waals surface area contributed by atoms with E-state index in [4.69, 9.17) is 9.57 Å². The molecule has 0 saturated carbocycles. The van der Waals surface area contributed by atoms with E-state index < -0.39 is 11.8 Å². The topological polar surface area (TPSA) is 59.1 Å². The zero-order valence-corrected chi connectivity index (χ0v) is 18.4. The molecule has 0 radical (unpaired) electrons. The highest BCUT2D eigenvalue weighted by atomic mass is 16.8. The average Bonchev–Trinajstić information content (AvgIpc) is 3.04. The largest absolute Gasteiger partial charge is 0.462 e. The van der Waals surface area contributed by atoms with E-state index in [1.165, 1.54) is 5.01 Å². The van der Waals surface area contributed by atoms with Gasteiger partial charge in [0.1, 0.15) is 5.75 Å². The van der Waals surface area contributed by atoms with Gasteiger partial charge in [0.25, 0.3) is 11.8 Å². The monoisotopic (exact) mass is 408 g/mol. The van der Waals surface area contributed by atoms with E-state index in [-0.39, 0.29) is 17.7 Å². The number of carbonyl (C=O) groups is 2. The molecule has 2 atom stereocenters. The number of fused-ring (bicyclic) bond motifs is 2. The van der Waals surface area contributed by atoms with Gasteiger partial charge < -0.3 is 4.74 Å². The highest BCUT2D eigenvalue weighted by molar-refractivity contribution is 5.99. The predicted molar refractivity (Wildman–Crippen MR) is 113 cm³/mol. The molecule has 2 heterocycles. The van der Waals surface area contributed by atoms with E-state index in [0.717, 1.165) is 34.0 Å². The van der Waals surface area contributed by atoms with Crippen LogP contribution in [-0.4, -0.2) is 33.8 Å². The SMILES string of the molecule is CCC1c2cc3ccc2OC1ON(N(C(=O)c1cc(C)cc(C)c1)C(C)(C)C)C3=O. The van der Waals surface area contributed by atoms with Crippen LogP contribution in [0.15, 0.2) is 36.4 Å². The summed E-state index contributed by atoms with van der Waals surface area (Å²) in [6.07, 6.45) is 0.130. The van der Waals surface area contributed by atoms with Crippen molar-refractivity contribution < 1.29 is 19.2 Å².